The molecule has 5 heteroatoms. The molecule has 1 saturated carbocycles. The van der Waals surface area contributed by atoms with Crippen LogP contribution in [-0.2, 0) is 11.3 Å². The molecule has 2 fully saturated rings. The zero-order valence-electron chi connectivity index (χ0n) is 14.4. The number of hydrogen-bond acceptors (Lipinski definition) is 2. The van der Waals surface area contributed by atoms with Crippen LogP contribution >= 0.6 is 24.0 Å². The average molecular weight is 429 g/mol. The predicted molar refractivity (Wildman–Crippen MR) is 105 cm³/mol. The minimum Gasteiger partial charge on any atom is -0.377 e. The molecule has 0 amide bonds. The van der Waals surface area contributed by atoms with Crippen LogP contribution in [0.25, 0.3) is 0 Å². The highest BCUT2D eigenvalue weighted by atomic mass is 127. The number of benzene rings is 1. The summed E-state index contributed by atoms with van der Waals surface area (Å²) in [6.45, 7) is 8.40. The normalized spacial score (nSPS) is 28.3. The van der Waals surface area contributed by atoms with Crippen molar-refractivity contribution in [2.75, 3.05) is 13.7 Å². The number of ether oxygens (including phenoxy) is 1. The maximum Gasteiger partial charge on any atom is 0.191 e. The molecule has 23 heavy (non-hydrogen) atoms. The van der Waals surface area contributed by atoms with E-state index in [0.29, 0.717) is 18.1 Å². The summed E-state index contributed by atoms with van der Waals surface area (Å²) in [5, 5.41) is 7.05. The van der Waals surface area contributed by atoms with E-state index in [0.717, 1.165) is 25.5 Å². The molecule has 3 rings (SSSR count). The first kappa shape index (κ1) is 18.5. The lowest BCUT2D eigenvalue weighted by atomic mass is 9.57. The molecule has 3 unspecified atom stereocenters. The number of nitrogens with one attached hydrogen (secondary N) is 2. The second kappa shape index (κ2) is 7.38. The largest absolute Gasteiger partial charge is 0.377 e. The second-order valence-electron chi connectivity index (χ2n) is 7.04. The lowest BCUT2D eigenvalue weighted by molar-refractivity contribution is -0.106. The number of aryl methyl sites for hydroxylation is 1. The Morgan fingerprint density at radius 3 is 2.78 bits per heavy atom. The summed E-state index contributed by atoms with van der Waals surface area (Å²) in [6.07, 6.45) is 1.56. The highest BCUT2D eigenvalue weighted by molar-refractivity contribution is 14.0. The molecule has 0 radical (unpaired) electrons. The van der Waals surface area contributed by atoms with Gasteiger partial charge in [-0.15, -0.1) is 24.0 Å². The van der Waals surface area contributed by atoms with Crippen LogP contribution in [0.1, 0.15) is 31.4 Å². The zero-order valence-corrected chi connectivity index (χ0v) is 16.8. The van der Waals surface area contributed by atoms with Gasteiger partial charge in [0.05, 0.1) is 6.10 Å². The van der Waals surface area contributed by atoms with Crippen LogP contribution < -0.4 is 10.6 Å². The predicted octanol–water partition coefficient (Wildman–Crippen LogP) is 3.09. The van der Waals surface area contributed by atoms with Crippen molar-refractivity contribution in [2.24, 2.45) is 16.3 Å². The molecule has 1 aromatic carbocycles. The van der Waals surface area contributed by atoms with E-state index in [1.807, 2.05) is 7.05 Å². The maximum atomic E-state index is 5.86. The van der Waals surface area contributed by atoms with Gasteiger partial charge in [0.15, 0.2) is 5.96 Å². The fourth-order valence-corrected chi connectivity index (χ4v) is 3.95. The molecule has 3 atom stereocenters. The summed E-state index contributed by atoms with van der Waals surface area (Å²) in [7, 11) is 1.83. The summed E-state index contributed by atoms with van der Waals surface area (Å²) in [4.78, 5) is 4.39. The van der Waals surface area contributed by atoms with Crippen molar-refractivity contribution in [3.05, 3.63) is 35.4 Å². The molecule has 1 aliphatic carbocycles. The van der Waals surface area contributed by atoms with E-state index >= 15 is 0 Å². The van der Waals surface area contributed by atoms with Gasteiger partial charge in [-0.1, -0.05) is 38.1 Å². The Kier molecular flexibility index (Phi) is 5.94. The fourth-order valence-electron chi connectivity index (χ4n) is 3.95. The number of nitrogens with zero attached hydrogens (tertiary/aromatic N) is 1. The first-order chi connectivity index (χ1) is 10.5. The van der Waals surface area contributed by atoms with Crippen LogP contribution in [0, 0.1) is 18.3 Å². The molecule has 1 aliphatic heterocycles. The van der Waals surface area contributed by atoms with E-state index in [2.05, 4.69) is 60.7 Å². The average Bonchev–Trinajstić information content (AvgIpc) is 2.96. The molecule has 2 aliphatic rings. The summed E-state index contributed by atoms with van der Waals surface area (Å²) in [5.74, 6) is 1.50. The number of rotatable bonds is 3. The molecule has 1 heterocycles. The lowest BCUT2D eigenvalue weighted by Gasteiger charge is -2.54. The van der Waals surface area contributed by atoms with Crippen molar-refractivity contribution in [1.82, 2.24) is 10.6 Å². The van der Waals surface area contributed by atoms with E-state index in [1.165, 1.54) is 11.1 Å². The van der Waals surface area contributed by atoms with Gasteiger partial charge in [-0.2, -0.15) is 0 Å². The van der Waals surface area contributed by atoms with Gasteiger partial charge in [0.2, 0.25) is 0 Å². The van der Waals surface area contributed by atoms with E-state index in [9.17, 15) is 0 Å². The number of aliphatic imine (C=N–C) groups is 1. The highest BCUT2D eigenvalue weighted by Gasteiger charge is 2.59. The Hall–Kier alpha value is -0.820. The van der Waals surface area contributed by atoms with E-state index in [4.69, 9.17) is 4.74 Å². The number of halogens is 1. The van der Waals surface area contributed by atoms with Gasteiger partial charge in [-0.3, -0.25) is 4.99 Å². The van der Waals surface area contributed by atoms with Crippen molar-refractivity contribution in [1.29, 1.82) is 0 Å². The van der Waals surface area contributed by atoms with Gasteiger partial charge in [0.25, 0.3) is 0 Å². The first-order valence-electron chi connectivity index (χ1n) is 8.17. The highest BCUT2D eigenvalue weighted by Crippen LogP contribution is 2.52. The Morgan fingerprint density at radius 1 is 1.35 bits per heavy atom. The molecule has 0 spiro atoms. The van der Waals surface area contributed by atoms with Crippen LogP contribution in [0.5, 0.6) is 0 Å². The van der Waals surface area contributed by atoms with Crippen LogP contribution in [0.2, 0.25) is 0 Å². The third-order valence-electron chi connectivity index (χ3n) is 5.32. The van der Waals surface area contributed by atoms with Crippen molar-refractivity contribution < 1.29 is 4.74 Å². The minimum absolute atomic E-state index is 0. The van der Waals surface area contributed by atoms with E-state index in [-0.39, 0.29) is 29.4 Å². The van der Waals surface area contributed by atoms with Crippen molar-refractivity contribution >= 4 is 29.9 Å². The smallest absolute Gasteiger partial charge is 0.191 e. The Morgan fingerprint density at radius 2 is 2.09 bits per heavy atom. The van der Waals surface area contributed by atoms with Crippen LogP contribution in [0.3, 0.4) is 0 Å². The molecule has 1 saturated heterocycles. The first-order valence-corrected chi connectivity index (χ1v) is 8.17. The standard InChI is InChI=1S/C18H27N3O.HI/c1-12-7-5-6-8-13(12)11-20-17(19-4)21-15-14-9-10-22-16(14)18(15,2)3;/h5-8,14-16H,9-11H2,1-4H3,(H2,19,20,21);1H. The van der Waals surface area contributed by atoms with E-state index < -0.39 is 0 Å². The number of guanidine groups is 1. The number of fused-ring (bicyclic) bond motifs is 1. The Labute approximate surface area is 156 Å². The van der Waals surface area contributed by atoms with Gasteiger partial charge in [0, 0.05) is 37.6 Å². The fraction of sp³-hybridized carbons (Fsp3) is 0.611. The minimum atomic E-state index is 0. The Bertz CT molecular complexity index is 573. The maximum absolute atomic E-state index is 5.86. The zero-order chi connectivity index (χ0) is 15.7. The van der Waals surface area contributed by atoms with Gasteiger partial charge in [-0.05, 0) is 24.5 Å². The summed E-state index contributed by atoms with van der Waals surface area (Å²) in [5.41, 5.74) is 2.78. The lowest BCUT2D eigenvalue weighted by Crippen LogP contribution is -2.67. The molecule has 0 bridgehead atoms. The third-order valence-corrected chi connectivity index (χ3v) is 5.32. The van der Waals surface area contributed by atoms with Gasteiger partial charge < -0.3 is 15.4 Å². The molecular weight excluding hydrogens is 401 g/mol. The molecule has 2 N–H and O–H groups in total. The number of hydrogen-bond donors (Lipinski definition) is 2. The third kappa shape index (κ3) is 3.50. The molecular formula is C18H28IN3O. The Balaban J connectivity index is 0.00000192. The van der Waals surface area contributed by atoms with Crippen LogP contribution in [-0.4, -0.2) is 31.8 Å². The van der Waals surface area contributed by atoms with Crippen molar-refractivity contribution in [2.45, 2.75) is 45.9 Å². The van der Waals surface area contributed by atoms with Gasteiger partial charge >= 0.3 is 0 Å². The molecule has 0 aromatic heterocycles. The quantitative estimate of drug-likeness (QED) is 0.441. The summed E-state index contributed by atoms with van der Waals surface area (Å²) >= 11 is 0. The summed E-state index contributed by atoms with van der Waals surface area (Å²) < 4.78 is 5.86. The topological polar surface area (TPSA) is 45.7 Å². The summed E-state index contributed by atoms with van der Waals surface area (Å²) in [6, 6.07) is 8.88. The van der Waals surface area contributed by atoms with Gasteiger partial charge in [0.1, 0.15) is 0 Å². The molecule has 128 valence electrons. The van der Waals surface area contributed by atoms with Crippen LogP contribution in [0.4, 0.5) is 0 Å². The van der Waals surface area contributed by atoms with Crippen LogP contribution in [0.15, 0.2) is 29.3 Å². The van der Waals surface area contributed by atoms with Crippen molar-refractivity contribution in [3.63, 3.8) is 0 Å². The van der Waals surface area contributed by atoms with Crippen molar-refractivity contribution in [3.8, 4) is 0 Å². The second-order valence-corrected chi connectivity index (χ2v) is 7.04. The van der Waals surface area contributed by atoms with E-state index in [1.54, 1.807) is 0 Å². The SMILES string of the molecule is CN=C(NCc1ccccc1C)NC1C2CCOC2C1(C)C.I. The molecule has 1 aromatic rings. The van der Waals surface area contributed by atoms with Gasteiger partial charge in [-0.25, -0.2) is 0 Å². The monoisotopic (exact) mass is 429 g/mol. The molecule has 4 nitrogen and oxygen atoms in total.